The van der Waals surface area contributed by atoms with Crippen LogP contribution >= 0.6 is 0 Å². The molecule has 0 N–H and O–H groups in total. The van der Waals surface area contributed by atoms with Crippen molar-refractivity contribution in [2.24, 2.45) is 0 Å². The van der Waals surface area contributed by atoms with E-state index in [9.17, 15) is 13.2 Å². The molecule has 1 aromatic carbocycles. The van der Waals surface area contributed by atoms with Crippen LogP contribution in [0.5, 0.6) is 11.8 Å². The van der Waals surface area contributed by atoms with Crippen molar-refractivity contribution in [3.63, 3.8) is 0 Å². The molecule has 0 amide bonds. The molecule has 0 aliphatic heterocycles. The average Bonchev–Trinajstić information content (AvgIpc) is 3.25. The van der Waals surface area contributed by atoms with Gasteiger partial charge in [-0.2, -0.15) is 18.2 Å². The zero-order valence-electron chi connectivity index (χ0n) is 18.1. The number of alkyl halides is 3. The number of unbranched alkanes of at least 4 members (excludes halogenated alkanes) is 3. The molecule has 1 saturated carbocycles. The number of aromatic nitrogens is 2. The van der Waals surface area contributed by atoms with Crippen LogP contribution in [0.3, 0.4) is 0 Å². The summed E-state index contributed by atoms with van der Waals surface area (Å²) in [6.07, 6.45) is 4.35. The fourth-order valence-electron chi connectivity index (χ4n) is 3.65. The van der Waals surface area contributed by atoms with Crippen molar-refractivity contribution >= 4 is 11.5 Å². The number of hydrogen-bond donors (Lipinski definition) is 0. The number of ether oxygens (including phenoxy) is 2. The number of benzene rings is 1. The highest BCUT2D eigenvalue weighted by molar-refractivity contribution is 5.64. The molecule has 0 spiro atoms. The molecule has 1 aliphatic rings. The summed E-state index contributed by atoms with van der Waals surface area (Å²) < 4.78 is 52.4. The lowest BCUT2D eigenvalue weighted by Crippen LogP contribution is -2.21. The Labute approximate surface area is 181 Å². The topological polar surface area (TPSA) is 47.5 Å². The predicted octanol–water partition coefficient (Wildman–Crippen LogP) is 6.54. The number of hydrogen-bond acceptors (Lipinski definition) is 5. The first-order valence-corrected chi connectivity index (χ1v) is 11.0. The van der Waals surface area contributed by atoms with Crippen molar-refractivity contribution in [3.8, 4) is 11.8 Å². The molecule has 8 heteroatoms. The third-order valence-electron chi connectivity index (χ3n) is 5.42. The van der Waals surface area contributed by atoms with E-state index in [1.165, 1.54) is 4.90 Å². The second-order valence-electron chi connectivity index (χ2n) is 7.88. The van der Waals surface area contributed by atoms with Crippen LogP contribution in [-0.2, 0) is 6.18 Å². The summed E-state index contributed by atoms with van der Waals surface area (Å²) in [5.41, 5.74) is -0.360. The fraction of sp³-hybridized carbons (Fsp3) is 0.565. The Morgan fingerprint density at radius 3 is 2.61 bits per heavy atom. The van der Waals surface area contributed by atoms with Gasteiger partial charge in [-0.15, -0.1) is 0 Å². The number of nitrogens with zero attached hydrogens (tertiary/aromatic N) is 3. The van der Waals surface area contributed by atoms with E-state index >= 15 is 0 Å². The standard InChI is InChI=1S/C23H30F3N3O2/c1-3-4-5-8-14-30-19-13-9-10-17(15-19)29(2)21-20(23(24,25)26)16-27-22(28-21)31-18-11-6-7-12-18/h9-10,13,15-16,18H,3-8,11-12,14H2,1-2H3. The first-order valence-electron chi connectivity index (χ1n) is 11.0. The minimum Gasteiger partial charge on any atom is -0.494 e. The molecule has 1 aromatic heterocycles. The Kier molecular flexibility index (Phi) is 7.98. The smallest absolute Gasteiger partial charge is 0.421 e. The van der Waals surface area contributed by atoms with E-state index < -0.39 is 11.7 Å². The molecule has 5 nitrogen and oxygen atoms in total. The minimum atomic E-state index is -4.58. The second-order valence-corrected chi connectivity index (χ2v) is 7.88. The van der Waals surface area contributed by atoms with E-state index in [0.29, 0.717) is 18.0 Å². The highest BCUT2D eigenvalue weighted by Gasteiger charge is 2.37. The lowest BCUT2D eigenvalue weighted by atomic mass is 10.2. The first-order chi connectivity index (χ1) is 14.9. The fourth-order valence-corrected chi connectivity index (χ4v) is 3.65. The van der Waals surface area contributed by atoms with E-state index in [2.05, 4.69) is 16.9 Å². The molecule has 1 heterocycles. The van der Waals surface area contributed by atoms with Gasteiger partial charge < -0.3 is 14.4 Å². The van der Waals surface area contributed by atoms with Crippen LogP contribution in [0.2, 0.25) is 0 Å². The number of rotatable bonds is 10. The van der Waals surface area contributed by atoms with Crippen molar-refractivity contribution < 1.29 is 22.6 Å². The van der Waals surface area contributed by atoms with Crippen LogP contribution in [0.1, 0.15) is 63.9 Å². The summed E-state index contributed by atoms with van der Waals surface area (Å²) in [6, 6.07) is 6.99. The SMILES string of the molecule is CCCCCCOc1cccc(N(C)c2nc(OC3CCCC3)ncc2C(F)(F)F)c1. The van der Waals surface area contributed by atoms with Gasteiger partial charge in [-0.1, -0.05) is 32.3 Å². The van der Waals surface area contributed by atoms with Gasteiger partial charge in [-0.3, -0.25) is 0 Å². The number of anilines is 2. The average molecular weight is 438 g/mol. The van der Waals surface area contributed by atoms with Gasteiger partial charge in [0.1, 0.15) is 17.4 Å². The molecule has 1 fully saturated rings. The Balaban J connectivity index is 1.79. The summed E-state index contributed by atoms with van der Waals surface area (Å²) in [5.74, 6) is 0.376. The lowest BCUT2D eigenvalue weighted by Gasteiger charge is -2.23. The van der Waals surface area contributed by atoms with Gasteiger partial charge in [0.05, 0.1) is 6.61 Å². The maximum Gasteiger partial charge on any atom is 0.421 e. The summed E-state index contributed by atoms with van der Waals surface area (Å²) in [6.45, 7) is 2.72. The maximum absolute atomic E-state index is 13.6. The summed E-state index contributed by atoms with van der Waals surface area (Å²) in [5, 5.41) is 0. The van der Waals surface area contributed by atoms with Gasteiger partial charge >= 0.3 is 12.2 Å². The van der Waals surface area contributed by atoms with E-state index in [-0.39, 0.29) is 17.9 Å². The second kappa shape index (κ2) is 10.7. The van der Waals surface area contributed by atoms with Crippen molar-refractivity contribution in [1.29, 1.82) is 0 Å². The van der Waals surface area contributed by atoms with Crippen LogP contribution in [-0.4, -0.2) is 29.7 Å². The van der Waals surface area contributed by atoms with E-state index in [4.69, 9.17) is 9.47 Å². The van der Waals surface area contributed by atoms with Crippen molar-refractivity contribution in [1.82, 2.24) is 9.97 Å². The minimum absolute atomic E-state index is 0.0231. The molecule has 3 rings (SSSR count). The zero-order chi connectivity index (χ0) is 22.3. The Morgan fingerprint density at radius 2 is 1.90 bits per heavy atom. The van der Waals surface area contributed by atoms with Gasteiger partial charge in [-0.25, -0.2) is 4.98 Å². The Hall–Kier alpha value is -2.51. The third-order valence-corrected chi connectivity index (χ3v) is 5.42. The van der Waals surface area contributed by atoms with Crippen LogP contribution in [0.25, 0.3) is 0 Å². The normalized spacial score (nSPS) is 14.6. The van der Waals surface area contributed by atoms with E-state index in [1.807, 2.05) is 0 Å². The molecular weight excluding hydrogens is 407 g/mol. The van der Waals surface area contributed by atoms with Crippen LogP contribution in [0.15, 0.2) is 30.5 Å². The Morgan fingerprint density at radius 1 is 1.13 bits per heavy atom. The van der Waals surface area contributed by atoms with Gasteiger partial charge in [0.25, 0.3) is 0 Å². The monoisotopic (exact) mass is 437 g/mol. The lowest BCUT2D eigenvalue weighted by molar-refractivity contribution is -0.137. The van der Waals surface area contributed by atoms with Crippen molar-refractivity contribution in [3.05, 3.63) is 36.0 Å². The van der Waals surface area contributed by atoms with Gasteiger partial charge in [0, 0.05) is 25.0 Å². The predicted molar refractivity (Wildman–Crippen MR) is 114 cm³/mol. The summed E-state index contributed by atoms with van der Waals surface area (Å²) in [4.78, 5) is 9.36. The molecule has 0 atom stereocenters. The van der Waals surface area contributed by atoms with Crippen molar-refractivity contribution in [2.45, 2.75) is 70.6 Å². The Bertz CT molecular complexity index is 839. The first kappa shape index (κ1) is 23.2. The van der Waals surface area contributed by atoms with Gasteiger partial charge in [0.2, 0.25) is 0 Å². The van der Waals surface area contributed by atoms with Crippen LogP contribution in [0.4, 0.5) is 24.7 Å². The van der Waals surface area contributed by atoms with Crippen LogP contribution in [0, 0.1) is 0 Å². The maximum atomic E-state index is 13.6. The highest BCUT2D eigenvalue weighted by Crippen LogP contribution is 2.38. The molecule has 31 heavy (non-hydrogen) atoms. The molecule has 0 unspecified atom stereocenters. The van der Waals surface area contributed by atoms with Crippen LogP contribution < -0.4 is 14.4 Å². The molecule has 0 bridgehead atoms. The van der Waals surface area contributed by atoms with Gasteiger partial charge in [0.15, 0.2) is 5.82 Å². The van der Waals surface area contributed by atoms with Gasteiger partial charge in [-0.05, 0) is 44.2 Å². The largest absolute Gasteiger partial charge is 0.494 e. The zero-order valence-corrected chi connectivity index (χ0v) is 18.1. The summed E-state index contributed by atoms with van der Waals surface area (Å²) in [7, 11) is 1.55. The quantitative estimate of drug-likeness (QED) is 0.395. The third kappa shape index (κ3) is 6.48. The van der Waals surface area contributed by atoms with Crippen molar-refractivity contribution in [2.75, 3.05) is 18.6 Å². The summed E-state index contributed by atoms with van der Waals surface area (Å²) >= 11 is 0. The molecule has 170 valence electrons. The molecular formula is C23H30F3N3O2. The molecule has 1 aliphatic carbocycles. The molecule has 0 radical (unpaired) electrons. The molecule has 2 aromatic rings. The van der Waals surface area contributed by atoms with E-state index in [1.54, 1.807) is 31.3 Å². The highest BCUT2D eigenvalue weighted by atomic mass is 19.4. The van der Waals surface area contributed by atoms with E-state index in [0.717, 1.165) is 57.6 Å². The number of halogens is 3. The molecule has 0 saturated heterocycles.